The molecule has 4 rings (SSSR count). The number of amides is 4. The van der Waals surface area contributed by atoms with Crippen LogP contribution in [0.1, 0.15) is 50.2 Å². The highest BCUT2D eigenvalue weighted by Gasteiger charge is 2.47. The number of nitrogens with one attached hydrogen (secondary N) is 1. The van der Waals surface area contributed by atoms with Crippen molar-refractivity contribution in [1.29, 1.82) is 0 Å². The van der Waals surface area contributed by atoms with Gasteiger partial charge in [-0.3, -0.25) is 24.1 Å². The van der Waals surface area contributed by atoms with E-state index in [9.17, 15) is 19.2 Å². The fourth-order valence-corrected chi connectivity index (χ4v) is 5.41. The number of carbonyl (C=O) groups is 4. The minimum atomic E-state index is -0.760. The maximum atomic E-state index is 13.8. The third-order valence-electron chi connectivity index (χ3n) is 7.51. The van der Waals surface area contributed by atoms with Crippen molar-refractivity contribution >= 4 is 35.2 Å². The number of hydrogen-bond acceptors (Lipinski definition) is 4. The maximum absolute atomic E-state index is 13.8. The van der Waals surface area contributed by atoms with Crippen LogP contribution >= 0.6 is 11.6 Å². The van der Waals surface area contributed by atoms with Crippen molar-refractivity contribution in [2.24, 2.45) is 11.8 Å². The molecule has 0 aromatic heterocycles. The summed E-state index contributed by atoms with van der Waals surface area (Å²) in [7, 11) is 0. The zero-order valence-corrected chi connectivity index (χ0v) is 23.1. The first-order valence-electron chi connectivity index (χ1n) is 13.7. The smallest absolute Gasteiger partial charge is 0.243 e. The van der Waals surface area contributed by atoms with Crippen molar-refractivity contribution in [3.05, 3.63) is 82.9 Å². The van der Waals surface area contributed by atoms with Gasteiger partial charge in [0, 0.05) is 37.5 Å². The molecule has 1 fully saturated rings. The average molecular weight is 550 g/mol. The monoisotopic (exact) mass is 549 g/mol. The summed E-state index contributed by atoms with van der Waals surface area (Å²) in [5, 5.41) is 3.58. The van der Waals surface area contributed by atoms with E-state index in [1.54, 1.807) is 17.0 Å². The molecule has 0 radical (unpaired) electrons. The van der Waals surface area contributed by atoms with Crippen LogP contribution < -0.4 is 5.32 Å². The first kappa shape index (κ1) is 28.6. The fraction of sp³-hybridized carbons (Fsp3) is 0.419. The van der Waals surface area contributed by atoms with Gasteiger partial charge in [-0.25, -0.2) is 0 Å². The van der Waals surface area contributed by atoms with Crippen LogP contribution in [0.15, 0.2) is 66.7 Å². The molecule has 1 heterocycles. The highest BCUT2D eigenvalue weighted by atomic mass is 35.5. The summed E-state index contributed by atoms with van der Waals surface area (Å²) in [5.74, 6) is -1.59. The van der Waals surface area contributed by atoms with Gasteiger partial charge in [0.05, 0.1) is 11.8 Å². The number of halogens is 1. The Balaban J connectivity index is 1.56. The highest BCUT2D eigenvalue weighted by Crippen LogP contribution is 2.35. The number of imide groups is 1. The SMILES string of the molecule is CCCCNC(=O)[C@H](Cc1ccccc1)N(Cc1ccc(Cl)cc1)C(=O)CCN1C(=O)[C@H]2CC=CC[C@H]2C1=O. The molecule has 0 bridgehead atoms. The minimum absolute atomic E-state index is 0.0100. The van der Waals surface area contributed by atoms with Crippen LogP contribution in [0.5, 0.6) is 0 Å². The number of carbonyl (C=O) groups excluding carboxylic acids is 4. The van der Waals surface area contributed by atoms with Crippen molar-refractivity contribution in [3.8, 4) is 0 Å². The van der Waals surface area contributed by atoms with E-state index in [-0.39, 0.29) is 55.0 Å². The predicted molar refractivity (Wildman–Crippen MR) is 151 cm³/mol. The lowest BCUT2D eigenvalue weighted by Gasteiger charge is -2.32. The normalized spacial score (nSPS) is 19.1. The number of allylic oxidation sites excluding steroid dienone is 2. The van der Waals surface area contributed by atoms with E-state index in [1.165, 1.54) is 4.90 Å². The quantitative estimate of drug-likeness (QED) is 0.239. The van der Waals surface area contributed by atoms with Crippen LogP contribution in [0, 0.1) is 11.8 Å². The lowest BCUT2D eigenvalue weighted by atomic mass is 9.85. The van der Waals surface area contributed by atoms with Gasteiger partial charge in [-0.15, -0.1) is 0 Å². The molecular formula is C31H36ClN3O4. The minimum Gasteiger partial charge on any atom is -0.354 e. The van der Waals surface area contributed by atoms with E-state index in [4.69, 9.17) is 11.6 Å². The van der Waals surface area contributed by atoms with E-state index in [0.717, 1.165) is 24.0 Å². The van der Waals surface area contributed by atoms with E-state index in [1.807, 2.05) is 54.6 Å². The molecule has 39 heavy (non-hydrogen) atoms. The standard InChI is InChI=1S/C31H36ClN3O4/c1-2-3-18-33-29(37)27(20-22-9-5-4-6-10-22)35(21-23-13-15-24(32)16-14-23)28(36)17-19-34-30(38)25-11-7-8-12-26(25)31(34)39/h4-10,13-16,25-27H,2-3,11-12,17-21H2,1H3,(H,33,37)/t25-,26+,27-/m0/s1. The molecule has 1 aliphatic carbocycles. The highest BCUT2D eigenvalue weighted by molar-refractivity contribution is 6.30. The maximum Gasteiger partial charge on any atom is 0.243 e. The van der Waals surface area contributed by atoms with Gasteiger partial charge in [0.2, 0.25) is 23.6 Å². The van der Waals surface area contributed by atoms with Crippen molar-refractivity contribution in [2.75, 3.05) is 13.1 Å². The molecule has 1 saturated heterocycles. The first-order valence-corrected chi connectivity index (χ1v) is 14.1. The molecule has 8 heteroatoms. The number of benzene rings is 2. The number of nitrogens with zero attached hydrogens (tertiary/aromatic N) is 2. The van der Waals surface area contributed by atoms with Crippen LogP contribution in [-0.2, 0) is 32.1 Å². The summed E-state index contributed by atoms with van der Waals surface area (Å²) in [6, 6.07) is 16.0. The Labute approximate surface area is 235 Å². The average Bonchev–Trinajstić information content (AvgIpc) is 3.20. The van der Waals surface area contributed by atoms with Gasteiger partial charge in [0.15, 0.2) is 0 Å². The van der Waals surface area contributed by atoms with E-state index in [0.29, 0.717) is 30.8 Å². The Kier molecular flexibility index (Phi) is 9.93. The summed E-state index contributed by atoms with van der Waals surface area (Å²) in [5.41, 5.74) is 1.76. The third kappa shape index (κ3) is 7.15. The van der Waals surface area contributed by atoms with Gasteiger partial charge in [-0.1, -0.05) is 79.6 Å². The molecule has 1 N–H and O–H groups in total. The summed E-state index contributed by atoms with van der Waals surface area (Å²) >= 11 is 6.09. The van der Waals surface area contributed by atoms with Crippen LogP contribution in [0.4, 0.5) is 0 Å². The number of rotatable bonds is 12. The second-order valence-corrected chi connectivity index (χ2v) is 10.7. The van der Waals surface area contributed by atoms with Crippen LogP contribution in [0.2, 0.25) is 5.02 Å². The predicted octanol–water partition coefficient (Wildman–Crippen LogP) is 4.54. The lowest BCUT2D eigenvalue weighted by molar-refractivity contribution is -0.144. The van der Waals surface area contributed by atoms with Gasteiger partial charge in [-0.2, -0.15) is 0 Å². The molecule has 4 amide bonds. The molecule has 0 unspecified atom stereocenters. The first-order chi connectivity index (χ1) is 18.9. The molecule has 2 aromatic carbocycles. The molecule has 2 aromatic rings. The molecule has 0 saturated carbocycles. The second-order valence-electron chi connectivity index (χ2n) is 10.2. The number of likely N-dealkylation sites (tertiary alicyclic amines) is 1. The van der Waals surface area contributed by atoms with E-state index >= 15 is 0 Å². The van der Waals surface area contributed by atoms with Gasteiger partial charge in [0.25, 0.3) is 0 Å². The number of unbranched alkanes of at least 4 members (excludes halogenated alkanes) is 1. The number of fused-ring (bicyclic) bond motifs is 1. The Morgan fingerprint density at radius 3 is 2.23 bits per heavy atom. The van der Waals surface area contributed by atoms with Crippen molar-refractivity contribution < 1.29 is 19.2 Å². The third-order valence-corrected chi connectivity index (χ3v) is 7.77. The topological polar surface area (TPSA) is 86.8 Å². The van der Waals surface area contributed by atoms with Crippen molar-refractivity contribution in [2.45, 2.75) is 58.0 Å². The largest absolute Gasteiger partial charge is 0.354 e. The molecule has 0 spiro atoms. The Morgan fingerprint density at radius 2 is 1.62 bits per heavy atom. The zero-order valence-electron chi connectivity index (χ0n) is 22.4. The van der Waals surface area contributed by atoms with Crippen LogP contribution in [0.3, 0.4) is 0 Å². The van der Waals surface area contributed by atoms with Gasteiger partial charge in [-0.05, 0) is 42.5 Å². The second kappa shape index (κ2) is 13.6. The lowest BCUT2D eigenvalue weighted by Crippen LogP contribution is -2.51. The molecule has 2 aliphatic rings. The summed E-state index contributed by atoms with van der Waals surface area (Å²) in [4.78, 5) is 56.1. The van der Waals surface area contributed by atoms with E-state index in [2.05, 4.69) is 12.2 Å². The van der Waals surface area contributed by atoms with E-state index < -0.39 is 6.04 Å². The van der Waals surface area contributed by atoms with Gasteiger partial charge >= 0.3 is 0 Å². The van der Waals surface area contributed by atoms with Crippen molar-refractivity contribution in [3.63, 3.8) is 0 Å². The number of hydrogen-bond donors (Lipinski definition) is 1. The Hall–Kier alpha value is -3.45. The zero-order chi connectivity index (χ0) is 27.8. The molecule has 1 aliphatic heterocycles. The Morgan fingerprint density at radius 1 is 0.974 bits per heavy atom. The van der Waals surface area contributed by atoms with Gasteiger partial charge in [0.1, 0.15) is 6.04 Å². The molecule has 7 nitrogen and oxygen atoms in total. The van der Waals surface area contributed by atoms with Crippen LogP contribution in [-0.4, -0.2) is 52.6 Å². The summed E-state index contributed by atoms with van der Waals surface area (Å²) in [6.07, 6.45) is 7.07. The van der Waals surface area contributed by atoms with Crippen molar-refractivity contribution in [1.82, 2.24) is 15.1 Å². The van der Waals surface area contributed by atoms with Gasteiger partial charge < -0.3 is 10.2 Å². The summed E-state index contributed by atoms with van der Waals surface area (Å²) < 4.78 is 0. The molecule has 3 atom stereocenters. The Bertz CT molecular complexity index is 1170. The molecular weight excluding hydrogens is 514 g/mol. The van der Waals surface area contributed by atoms with Crippen LogP contribution in [0.25, 0.3) is 0 Å². The summed E-state index contributed by atoms with van der Waals surface area (Å²) in [6.45, 7) is 2.79. The fourth-order valence-electron chi connectivity index (χ4n) is 5.29. The molecule has 206 valence electrons.